The van der Waals surface area contributed by atoms with Crippen molar-refractivity contribution >= 4 is 17.7 Å². The summed E-state index contributed by atoms with van der Waals surface area (Å²) in [6, 6.07) is 1.51. The number of rotatable bonds is 14. The summed E-state index contributed by atoms with van der Waals surface area (Å²) in [6.45, 7) is 14.2. The van der Waals surface area contributed by atoms with Crippen LogP contribution in [0.1, 0.15) is 58.5 Å². The Kier molecular flexibility index (Phi) is 11.6. The van der Waals surface area contributed by atoms with E-state index in [0.717, 1.165) is 5.57 Å². The number of nitrogens with zero attached hydrogens (tertiary/aromatic N) is 1. The summed E-state index contributed by atoms with van der Waals surface area (Å²) < 4.78 is 26.8. The second-order valence-electron chi connectivity index (χ2n) is 8.24. The number of pyridine rings is 1. The number of carbonyl (C=O) groups is 3. The van der Waals surface area contributed by atoms with Crippen LogP contribution in [0.2, 0.25) is 0 Å². The Morgan fingerprint density at radius 3 is 2.33 bits per heavy atom. The monoisotopic (exact) mass is 465 g/mol. The van der Waals surface area contributed by atoms with Crippen molar-refractivity contribution in [1.82, 2.24) is 4.98 Å². The average Bonchev–Trinajstić information content (AvgIpc) is 2.74. The summed E-state index contributed by atoms with van der Waals surface area (Å²) in [5, 5.41) is 0. The lowest BCUT2D eigenvalue weighted by molar-refractivity contribution is -0.164. The fraction of sp³-hybridized carbons (Fsp3) is 0.583. The maximum absolute atomic E-state index is 12.9. The fourth-order valence-electron chi connectivity index (χ4n) is 2.95. The molecular weight excluding hydrogens is 430 g/mol. The van der Waals surface area contributed by atoms with Crippen molar-refractivity contribution in [3.8, 4) is 11.5 Å². The van der Waals surface area contributed by atoms with Crippen LogP contribution in [0.4, 0.5) is 0 Å². The second kappa shape index (κ2) is 13.6. The van der Waals surface area contributed by atoms with E-state index in [9.17, 15) is 14.4 Å². The van der Waals surface area contributed by atoms with Gasteiger partial charge >= 0.3 is 11.9 Å². The number of carbonyl (C=O) groups excluding carboxylic acids is 3. The number of aromatic nitrogens is 1. The summed E-state index contributed by atoms with van der Waals surface area (Å²) in [7, 11) is 1.41. The zero-order chi connectivity index (χ0) is 25.1. The molecule has 0 aliphatic heterocycles. The van der Waals surface area contributed by atoms with Crippen molar-refractivity contribution in [2.75, 3.05) is 20.5 Å². The van der Waals surface area contributed by atoms with Crippen LogP contribution in [-0.4, -0.2) is 55.4 Å². The number of methoxy groups -OCH3 is 1. The molecule has 0 amide bonds. The molecular formula is C24H35NO8. The Hall–Kier alpha value is -2.94. The van der Waals surface area contributed by atoms with E-state index in [0.29, 0.717) is 6.61 Å². The standard InChI is InChI=1S/C24H35NO8/c1-14(2)12-30-17(6)22(15(3)4)33-24(28)16(5)11-19(27)21-23(32-13-31-18(7)26)20(29-8)9-10-25-21/h9-10,15-17,22H,1,11-13H2,2-8H3/t16-,17+,22-/m1/s1. The van der Waals surface area contributed by atoms with Gasteiger partial charge in [-0.25, -0.2) is 4.98 Å². The van der Waals surface area contributed by atoms with Crippen molar-refractivity contribution in [3.05, 3.63) is 30.1 Å². The van der Waals surface area contributed by atoms with Crippen LogP contribution in [0, 0.1) is 11.8 Å². The summed E-state index contributed by atoms with van der Waals surface area (Å²) in [4.78, 5) is 40.8. The Morgan fingerprint density at radius 1 is 1.12 bits per heavy atom. The molecule has 1 aromatic rings. The van der Waals surface area contributed by atoms with E-state index in [1.165, 1.54) is 26.3 Å². The third-order valence-corrected chi connectivity index (χ3v) is 4.68. The number of Topliss-reactive ketones (excluding diaryl/α,β-unsaturated/α-hetero) is 1. The molecule has 0 unspecified atom stereocenters. The lowest BCUT2D eigenvalue weighted by atomic mass is 10.00. The molecule has 0 spiro atoms. The molecule has 9 nitrogen and oxygen atoms in total. The van der Waals surface area contributed by atoms with Crippen molar-refractivity contribution in [2.24, 2.45) is 11.8 Å². The molecule has 0 bridgehead atoms. The molecule has 0 fully saturated rings. The lowest BCUT2D eigenvalue weighted by Gasteiger charge is -2.28. The van der Waals surface area contributed by atoms with E-state index in [-0.39, 0.29) is 35.6 Å². The van der Waals surface area contributed by atoms with Crippen LogP contribution in [0.15, 0.2) is 24.4 Å². The Balaban J connectivity index is 2.90. The van der Waals surface area contributed by atoms with Gasteiger partial charge in [-0.1, -0.05) is 32.9 Å². The summed E-state index contributed by atoms with van der Waals surface area (Å²) in [5.41, 5.74) is 0.840. The van der Waals surface area contributed by atoms with Gasteiger partial charge in [-0.2, -0.15) is 0 Å². The first-order valence-electron chi connectivity index (χ1n) is 10.8. The summed E-state index contributed by atoms with van der Waals surface area (Å²) in [5.74, 6) is -1.93. The SMILES string of the molecule is C=C(C)CO[C@@H](C)[C@H](OC(=O)[C@H](C)CC(=O)c1nccc(OC)c1OCOC(C)=O)C(C)C. The highest BCUT2D eigenvalue weighted by Crippen LogP contribution is 2.31. The molecule has 0 radical (unpaired) electrons. The van der Waals surface area contributed by atoms with Crippen molar-refractivity contribution in [1.29, 1.82) is 0 Å². The van der Waals surface area contributed by atoms with Crippen LogP contribution in [0.25, 0.3) is 0 Å². The molecule has 3 atom stereocenters. The Labute approximate surface area is 195 Å². The van der Waals surface area contributed by atoms with Crippen LogP contribution in [-0.2, 0) is 23.8 Å². The zero-order valence-electron chi connectivity index (χ0n) is 20.5. The Bertz CT molecular complexity index is 836. The molecule has 1 rings (SSSR count). The van der Waals surface area contributed by atoms with E-state index in [2.05, 4.69) is 11.6 Å². The van der Waals surface area contributed by atoms with Gasteiger partial charge in [-0.05, 0) is 19.8 Å². The highest BCUT2D eigenvalue weighted by molar-refractivity contribution is 5.99. The molecule has 33 heavy (non-hydrogen) atoms. The average molecular weight is 466 g/mol. The second-order valence-corrected chi connectivity index (χ2v) is 8.24. The van der Waals surface area contributed by atoms with Gasteiger partial charge in [-0.15, -0.1) is 0 Å². The largest absolute Gasteiger partial charge is 0.493 e. The lowest BCUT2D eigenvalue weighted by Crippen LogP contribution is -2.37. The van der Waals surface area contributed by atoms with Gasteiger partial charge in [0, 0.05) is 25.6 Å². The molecule has 0 saturated carbocycles. The van der Waals surface area contributed by atoms with Crippen LogP contribution >= 0.6 is 0 Å². The minimum atomic E-state index is -0.735. The zero-order valence-corrected chi connectivity index (χ0v) is 20.5. The normalized spacial score (nSPS) is 13.6. The van der Waals surface area contributed by atoms with Crippen LogP contribution < -0.4 is 9.47 Å². The van der Waals surface area contributed by atoms with Gasteiger partial charge in [0.1, 0.15) is 6.10 Å². The van der Waals surface area contributed by atoms with E-state index in [1.54, 1.807) is 6.92 Å². The molecule has 0 aromatic carbocycles. The quantitative estimate of drug-likeness (QED) is 0.175. The van der Waals surface area contributed by atoms with Crippen LogP contribution in [0.3, 0.4) is 0 Å². The van der Waals surface area contributed by atoms with Gasteiger partial charge < -0.3 is 23.7 Å². The first kappa shape index (κ1) is 28.1. The number of hydrogen-bond acceptors (Lipinski definition) is 9. The maximum Gasteiger partial charge on any atom is 0.309 e. The first-order chi connectivity index (χ1) is 15.5. The van der Waals surface area contributed by atoms with Crippen LogP contribution in [0.5, 0.6) is 11.5 Å². The third kappa shape index (κ3) is 9.21. The number of hydrogen-bond donors (Lipinski definition) is 0. The topological polar surface area (TPSA) is 110 Å². The molecule has 1 aromatic heterocycles. The highest BCUT2D eigenvalue weighted by atomic mass is 16.7. The Morgan fingerprint density at radius 2 is 1.79 bits per heavy atom. The number of ether oxygens (including phenoxy) is 5. The van der Waals surface area contributed by atoms with Gasteiger partial charge in [0.2, 0.25) is 6.79 Å². The first-order valence-corrected chi connectivity index (χ1v) is 10.8. The predicted molar refractivity (Wildman–Crippen MR) is 121 cm³/mol. The minimum Gasteiger partial charge on any atom is -0.493 e. The van der Waals surface area contributed by atoms with Gasteiger partial charge in [0.25, 0.3) is 0 Å². The van der Waals surface area contributed by atoms with Crippen molar-refractivity contribution in [3.63, 3.8) is 0 Å². The fourth-order valence-corrected chi connectivity index (χ4v) is 2.95. The van der Waals surface area contributed by atoms with E-state index in [1.807, 2.05) is 27.7 Å². The summed E-state index contributed by atoms with van der Waals surface area (Å²) >= 11 is 0. The molecule has 9 heteroatoms. The molecule has 0 saturated heterocycles. The minimum absolute atomic E-state index is 0.0123. The third-order valence-electron chi connectivity index (χ3n) is 4.68. The maximum atomic E-state index is 12.9. The van der Waals surface area contributed by atoms with Gasteiger partial charge in [-0.3, -0.25) is 14.4 Å². The van der Waals surface area contributed by atoms with Gasteiger partial charge in [0.15, 0.2) is 23.0 Å². The van der Waals surface area contributed by atoms with Crippen molar-refractivity contribution in [2.45, 2.75) is 60.2 Å². The van der Waals surface area contributed by atoms with E-state index in [4.69, 9.17) is 23.7 Å². The molecule has 1 heterocycles. The number of ketones is 1. The van der Waals surface area contributed by atoms with E-state index >= 15 is 0 Å². The number of esters is 2. The molecule has 0 aliphatic rings. The molecule has 0 N–H and O–H groups in total. The smallest absolute Gasteiger partial charge is 0.309 e. The predicted octanol–water partition coefficient (Wildman–Crippen LogP) is 3.75. The van der Waals surface area contributed by atoms with Crippen molar-refractivity contribution < 1.29 is 38.1 Å². The summed E-state index contributed by atoms with van der Waals surface area (Å²) in [6.07, 6.45) is 0.416. The highest BCUT2D eigenvalue weighted by Gasteiger charge is 2.30. The van der Waals surface area contributed by atoms with Gasteiger partial charge in [0.05, 0.1) is 25.7 Å². The van der Waals surface area contributed by atoms with E-state index < -0.39 is 36.5 Å². The molecule has 0 aliphatic carbocycles. The molecule has 184 valence electrons.